The Morgan fingerprint density at radius 2 is 1.83 bits per heavy atom. The summed E-state index contributed by atoms with van der Waals surface area (Å²) in [5.74, 6) is 0.421. The highest BCUT2D eigenvalue weighted by atomic mass is 32.2. The molecular formula is C21H26N2O5S. The normalized spacial score (nSPS) is 22.8. The molecule has 8 heteroatoms. The molecule has 0 radical (unpaired) electrons. The molecule has 1 N–H and O–H groups in total. The summed E-state index contributed by atoms with van der Waals surface area (Å²) < 4.78 is 28.7. The summed E-state index contributed by atoms with van der Waals surface area (Å²) in [5, 5.41) is 3.85. The van der Waals surface area contributed by atoms with Crippen LogP contribution in [0.5, 0.6) is 0 Å². The second kappa shape index (κ2) is 7.57. The van der Waals surface area contributed by atoms with Gasteiger partial charge in [0.15, 0.2) is 9.84 Å². The predicted molar refractivity (Wildman–Crippen MR) is 112 cm³/mol. The molecular weight excluding hydrogens is 392 g/mol. The Hall–Kier alpha value is -2.19. The van der Waals surface area contributed by atoms with Crippen LogP contribution in [0.1, 0.15) is 30.4 Å². The summed E-state index contributed by atoms with van der Waals surface area (Å²) in [5.41, 5.74) is 2.52. The van der Waals surface area contributed by atoms with Gasteiger partial charge in [0.1, 0.15) is 5.58 Å². The van der Waals surface area contributed by atoms with Crippen molar-refractivity contribution < 1.29 is 17.6 Å². The van der Waals surface area contributed by atoms with Gasteiger partial charge in [0.05, 0.1) is 11.5 Å². The second-order valence-electron chi connectivity index (χ2n) is 8.27. The zero-order chi connectivity index (χ0) is 20.8. The molecule has 1 aromatic heterocycles. The van der Waals surface area contributed by atoms with Gasteiger partial charge in [-0.25, -0.2) is 13.2 Å². The Balaban J connectivity index is 1.42. The molecule has 3 heterocycles. The van der Waals surface area contributed by atoms with Crippen LogP contribution in [0.25, 0.3) is 11.0 Å². The maximum atomic E-state index is 12.8. The van der Waals surface area contributed by atoms with Crippen molar-refractivity contribution in [3.8, 4) is 0 Å². The number of sulfone groups is 1. The van der Waals surface area contributed by atoms with E-state index in [1.165, 1.54) is 6.07 Å². The van der Waals surface area contributed by atoms with Crippen LogP contribution < -0.4 is 10.9 Å². The highest BCUT2D eigenvalue weighted by Crippen LogP contribution is 2.28. The van der Waals surface area contributed by atoms with Crippen LogP contribution in [-0.2, 0) is 14.6 Å². The number of anilines is 1. The summed E-state index contributed by atoms with van der Waals surface area (Å²) in [4.78, 5) is 26.6. The molecule has 0 saturated carbocycles. The molecule has 1 amide bonds. The number of benzene rings is 1. The molecule has 2 aliphatic heterocycles. The number of nitrogens with zero attached hydrogens (tertiary/aromatic N) is 1. The van der Waals surface area contributed by atoms with Crippen LogP contribution in [-0.4, -0.2) is 49.9 Å². The van der Waals surface area contributed by atoms with Gasteiger partial charge in [0.2, 0.25) is 5.91 Å². The lowest BCUT2D eigenvalue weighted by Crippen LogP contribution is -2.44. The third-order valence-electron chi connectivity index (χ3n) is 6.18. The Kier molecular flexibility index (Phi) is 5.25. The highest BCUT2D eigenvalue weighted by molar-refractivity contribution is 7.91. The average Bonchev–Trinajstić information content (AvgIpc) is 3.02. The van der Waals surface area contributed by atoms with Crippen LogP contribution in [0.15, 0.2) is 27.4 Å². The van der Waals surface area contributed by atoms with Crippen molar-refractivity contribution in [1.29, 1.82) is 0 Å². The Labute approximate surface area is 170 Å². The maximum absolute atomic E-state index is 12.8. The van der Waals surface area contributed by atoms with Crippen molar-refractivity contribution >= 4 is 32.4 Å². The third kappa shape index (κ3) is 4.23. The van der Waals surface area contributed by atoms with Crippen molar-refractivity contribution in [3.05, 3.63) is 39.7 Å². The molecule has 7 nitrogen and oxygen atoms in total. The molecule has 2 saturated heterocycles. The molecule has 2 aromatic rings. The van der Waals surface area contributed by atoms with E-state index < -0.39 is 9.84 Å². The minimum absolute atomic E-state index is 0.0128. The standard InChI is InChI=1S/C21H26N2O5S/c1-13-10-20(24)28-19-9-14(2)18(11-17(13)19)22-21(25)15-3-6-23(7-4-15)16-5-8-29(26,27)12-16/h9-11,15-16H,3-8,12H2,1-2H3,(H,22,25). The number of carbonyl (C=O) groups is 1. The summed E-state index contributed by atoms with van der Waals surface area (Å²) >= 11 is 0. The van der Waals surface area contributed by atoms with E-state index in [0.717, 1.165) is 48.1 Å². The first-order chi connectivity index (χ1) is 13.7. The number of piperidine rings is 1. The highest BCUT2D eigenvalue weighted by Gasteiger charge is 2.35. The van der Waals surface area contributed by atoms with E-state index in [1.807, 2.05) is 19.9 Å². The fourth-order valence-electron chi connectivity index (χ4n) is 4.43. The first kappa shape index (κ1) is 20.1. The van der Waals surface area contributed by atoms with Crippen LogP contribution in [0.3, 0.4) is 0 Å². The van der Waals surface area contributed by atoms with Crippen molar-refractivity contribution in [2.75, 3.05) is 29.9 Å². The second-order valence-corrected chi connectivity index (χ2v) is 10.5. The van der Waals surface area contributed by atoms with E-state index in [0.29, 0.717) is 12.0 Å². The third-order valence-corrected chi connectivity index (χ3v) is 7.93. The van der Waals surface area contributed by atoms with Gasteiger partial charge in [0, 0.05) is 29.1 Å². The average molecular weight is 419 g/mol. The van der Waals surface area contributed by atoms with Gasteiger partial charge in [-0.1, -0.05) is 0 Å². The number of hydrogen-bond acceptors (Lipinski definition) is 6. The largest absolute Gasteiger partial charge is 0.423 e. The van der Waals surface area contributed by atoms with Crippen LogP contribution in [0.2, 0.25) is 0 Å². The Bertz CT molecular complexity index is 1110. The molecule has 29 heavy (non-hydrogen) atoms. The van der Waals surface area contributed by atoms with Gasteiger partial charge < -0.3 is 9.73 Å². The summed E-state index contributed by atoms with van der Waals surface area (Å²) in [7, 11) is -2.89. The molecule has 0 aliphatic carbocycles. The monoisotopic (exact) mass is 418 g/mol. The zero-order valence-electron chi connectivity index (χ0n) is 16.7. The number of aryl methyl sites for hydroxylation is 2. The molecule has 0 bridgehead atoms. The van der Waals surface area contributed by atoms with E-state index >= 15 is 0 Å². The first-order valence-electron chi connectivity index (χ1n) is 10.0. The number of rotatable bonds is 3. The van der Waals surface area contributed by atoms with Gasteiger partial charge in [-0.15, -0.1) is 0 Å². The van der Waals surface area contributed by atoms with Gasteiger partial charge >= 0.3 is 5.63 Å². The minimum Gasteiger partial charge on any atom is -0.423 e. The number of carbonyl (C=O) groups excluding carboxylic acids is 1. The molecule has 1 aromatic carbocycles. The van der Waals surface area contributed by atoms with E-state index in [9.17, 15) is 18.0 Å². The lowest BCUT2D eigenvalue weighted by molar-refractivity contribution is -0.121. The molecule has 156 valence electrons. The summed E-state index contributed by atoms with van der Waals surface area (Å²) in [6.07, 6.45) is 2.15. The SMILES string of the molecule is Cc1cc2oc(=O)cc(C)c2cc1NC(=O)C1CCN(C2CCS(=O)(=O)C2)CC1. The molecule has 2 fully saturated rings. The Morgan fingerprint density at radius 3 is 2.48 bits per heavy atom. The van der Waals surface area contributed by atoms with Gasteiger partial charge in [-0.05, 0) is 69.5 Å². The van der Waals surface area contributed by atoms with E-state index in [4.69, 9.17) is 4.42 Å². The molecule has 4 rings (SSSR count). The minimum atomic E-state index is -2.89. The fourth-order valence-corrected chi connectivity index (χ4v) is 6.19. The van der Waals surface area contributed by atoms with Crippen LogP contribution in [0.4, 0.5) is 5.69 Å². The molecule has 1 atom stereocenters. The number of hydrogen-bond donors (Lipinski definition) is 1. The number of nitrogens with one attached hydrogen (secondary N) is 1. The zero-order valence-corrected chi connectivity index (χ0v) is 17.5. The van der Waals surface area contributed by atoms with Gasteiger partial charge in [0.25, 0.3) is 0 Å². The molecule has 1 unspecified atom stereocenters. The van der Waals surface area contributed by atoms with Crippen molar-refractivity contribution in [3.63, 3.8) is 0 Å². The maximum Gasteiger partial charge on any atom is 0.336 e. The van der Waals surface area contributed by atoms with Crippen molar-refractivity contribution in [1.82, 2.24) is 4.90 Å². The quantitative estimate of drug-likeness (QED) is 0.768. The number of fused-ring (bicyclic) bond motifs is 1. The van der Waals surface area contributed by atoms with Gasteiger partial charge in [-0.2, -0.15) is 0 Å². The predicted octanol–water partition coefficient (Wildman–Crippen LogP) is 2.25. The van der Waals surface area contributed by atoms with Crippen LogP contribution >= 0.6 is 0 Å². The lowest BCUT2D eigenvalue weighted by Gasteiger charge is -2.35. The van der Waals surface area contributed by atoms with E-state index in [2.05, 4.69) is 10.2 Å². The van der Waals surface area contributed by atoms with Crippen molar-refractivity contribution in [2.45, 2.75) is 39.2 Å². The number of amides is 1. The van der Waals surface area contributed by atoms with Crippen LogP contribution in [0, 0.1) is 19.8 Å². The fraction of sp³-hybridized carbons (Fsp3) is 0.524. The number of likely N-dealkylation sites (tertiary alicyclic amines) is 1. The van der Waals surface area contributed by atoms with Crippen molar-refractivity contribution in [2.24, 2.45) is 5.92 Å². The summed E-state index contributed by atoms with van der Waals surface area (Å²) in [6, 6.07) is 5.19. The Morgan fingerprint density at radius 1 is 1.10 bits per heavy atom. The van der Waals surface area contributed by atoms with E-state index in [1.54, 1.807) is 6.07 Å². The molecule has 0 spiro atoms. The topological polar surface area (TPSA) is 96.7 Å². The van der Waals surface area contributed by atoms with Gasteiger partial charge in [-0.3, -0.25) is 9.69 Å². The smallest absolute Gasteiger partial charge is 0.336 e. The van der Waals surface area contributed by atoms with E-state index in [-0.39, 0.29) is 35.0 Å². The molecule has 2 aliphatic rings. The summed E-state index contributed by atoms with van der Waals surface area (Å²) in [6.45, 7) is 5.22. The first-order valence-corrected chi connectivity index (χ1v) is 11.8. The lowest BCUT2D eigenvalue weighted by atomic mass is 9.94.